The standard InChI is InChI=1S/C20H17F3N2O3/c21-20(22,23)28-16-9-7-15(8-10-16)19(26)25-12-3-13-27-17-6-1-4-14-5-2-11-24-18(14)17/h1-2,4-11H,3,12-13H2,(H,25,26). The van der Waals surface area contributed by atoms with E-state index in [0.29, 0.717) is 25.3 Å². The van der Waals surface area contributed by atoms with Gasteiger partial charge < -0.3 is 14.8 Å². The number of fused-ring (bicyclic) bond motifs is 1. The van der Waals surface area contributed by atoms with E-state index in [4.69, 9.17) is 4.74 Å². The number of ether oxygens (including phenoxy) is 2. The van der Waals surface area contributed by atoms with E-state index < -0.39 is 6.36 Å². The topological polar surface area (TPSA) is 60.5 Å². The number of carbonyl (C=O) groups is 1. The molecule has 2 aromatic carbocycles. The van der Waals surface area contributed by atoms with E-state index in [1.54, 1.807) is 6.20 Å². The molecule has 1 N–H and O–H groups in total. The van der Waals surface area contributed by atoms with Gasteiger partial charge in [-0.3, -0.25) is 9.78 Å². The minimum atomic E-state index is -4.76. The summed E-state index contributed by atoms with van der Waals surface area (Å²) in [6, 6.07) is 14.2. The monoisotopic (exact) mass is 390 g/mol. The zero-order chi connectivity index (χ0) is 20.0. The summed E-state index contributed by atoms with van der Waals surface area (Å²) < 4.78 is 45.9. The first-order chi connectivity index (χ1) is 13.4. The Balaban J connectivity index is 1.44. The molecule has 3 rings (SSSR count). The van der Waals surface area contributed by atoms with E-state index in [2.05, 4.69) is 15.0 Å². The maximum absolute atomic E-state index is 12.1. The molecule has 1 amide bonds. The van der Waals surface area contributed by atoms with Gasteiger partial charge >= 0.3 is 6.36 Å². The lowest BCUT2D eigenvalue weighted by atomic mass is 10.2. The number of para-hydroxylation sites is 1. The Morgan fingerprint density at radius 1 is 1.04 bits per heavy atom. The van der Waals surface area contributed by atoms with Crippen molar-refractivity contribution in [3.63, 3.8) is 0 Å². The number of hydrogen-bond acceptors (Lipinski definition) is 4. The Morgan fingerprint density at radius 3 is 2.54 bits per heavy atom. The maximum atomic E-state index is 12.1. The Morgan fingerprint density at radius 2 is 1.79 bits per heavy atom. The molecule has 0 atom stereocenters. The number of alkyl halides is 3. The second-order valence-electron chi connectivity index (χ2n) is 5.86. The Kier molecular flexibility index (Phi) is 5.98. The van der Waals surface area contributed by atoms with Gasteiger partial charge in [-0.05, 0) is 42.8 Å². The average molecular weight is 390 g/mol. The van der Waals surface area contributed by atoms with Gasteiger partial charge in [0.15, 0.2) is 0 Å². The number of aromatic nitrogens is 1. The van der Waals surface area contributed by atoms with Crippen LogP contribution in [0.25, 0.3) is 10.9 Å². The van der Waals surface area contributed by atoms with Crippen molar-refractivity contribution in [2.45, 2.75) is 12.8 Å². The van der Waals surface area contributed by atoms with Crippen molar-refractivity contribution in [3.8, 4) is 11.5 Å². The number of hydrogen-bond donors (Lipinski definition) is 1. The highest BCUT2D eigenvalue weighted by molar-refractivity contribution is 5.94. The predicted octanol–water partition coefficient (Wildman–Crippen LogP) is 4.33. The van der Waals surface area contributed by atoms with Gasteiger partial charge in [0.1, 0.15) is 17.0 Å². The van der Waals surface area contributed by atoms with Crippen molar-refractivity contribution < 1.29 is 27.4 Å². The molecule has 0 aliphatic carbocycles. The van der Waals surface area contributed by atoms with E-state index in [0.717, 1.165) is 23.0 Å². The molecule has 0 saturated carbocycles. The van der Waals surface area contributed by atoms with Crippen LogP contribution in [0, 0.1) is 0 Å². The van der Waals surface area contributed by atoms with Crippen molar-refractivity contribution in [2.75, 3.05) is 13.2 Å². The normalized spacial score (nSPS) is 11.2. The minimum absolute atomic E-state index is 0.244. The molecular weight excluding hydrogens is 373 g/mol. The van der Waals surface area contributed by atoms with Crippen molar-refractivity contribution in [1.82, 2.24) is 10.3 Å². The summed E-state index contributed by atoms with van der Waals surface area (Å²) in [6.07, 6.45) is -2.51. The summed E-state index contributed by atoms with van der Waals surface area (Å²) in [7, 11) is 0. The molecule has 0 aliphatic rings. The predicted molar refractivity (Wildman–Crippen MR) is 97.3 cm³/mol. The fourth-order valence-corrected chi connectivity index (χ4v) is 2.56. The lowest BCUT2D eigenvalue weighted by Crippen LogP contribution is -2.25. The van der Waals surface area contributed by atoms with Crippen LogP contribution < -0.4 is 14.8 Å². The molecule has 0 bridgehead atoms. The van der Waals surface area contributed by atoms with Crippen molar-refractivity contribution in [1.29, 1.82) is 0 Å². The van der Waals surface area contributed by atoms with Gasteiger partial charge in [0.05, 0.1) is 6.61 Å². The van der Waals surface area contributed by atoms with E-state index >= 15 is 0 Å². The van der Waals surface area contributed by atoms with Crippen LogP contribution in [0.1, 0.15) is 16.8 Å². The third-order valence-corrected chi connectivity index (χ3v) is 3.81. The van der Waals surface area contributed by atoms with Gasteiger partial charge in [0.25, 0.3) is 5.91 Å². The van der Waals surface area contributed by atoms with Crippen LogP contribution in [0.15, 0.2) is 60.8 Å². The van der Waals surface area contributed by atoms with Crippen LogP contribution >= 0.6 is 0 Å². The van der Waals surface area contributed by atoms with Crippen LogP contribution in [0.4, 0.5) is 13.2 Å². The molecule has 1 aromatic heterocycles. The van der Waals surface area contributed by atoms with Gasteiger partial charge in [-0.15, -0.1) is 13.2 Å². The van der Waals surface area contributed by atoms with Crippen molar-refractivity contribution >= 4 is 16.8 Å². The molecule has 0 radical (unpaired) electrons. The Bertz CT molecular complexity index is 938. The zero-order valence-electron chi connectivity index (χ0n) is 14.7. The first-order valence-electron chi connectivity index (χ1n) is 8.53. The van der Waals surface area contributed by atoms with Crippen LogP contribution in [0.3, 0.4) is 0 Å². The van der Waals surface area contributed by atoms with Gasteiger partial charge in [-0.2, -0.15) is 0 Å². The average Bonchev–Trinajstić information content (AvgIpc) is 2.67. The van der Waals surface area contributed by atoms with Gasteiger partial charge in [0, 0.05) is 23.7 Å². The van der Waals surface area contributed by atoms with Crippen LogP contribution in [-0.2, 0) is 0 Å². The fourth-order valence-electron chi connectivity index (χ4n) is 2.56. The largest absolute Gasteiger partial charge is 0.573 e. The maximum Gasteiger partial charge on any atom is 0.573 e. The number of rotatable bonds is 7. The van der Waals surface area contributed by atoms with E-state index in [1.807, 2.05) is 30.3 Å². The summed E-state index contributed by atoms with van der Waals surface area (Å²) in [4.78, 5) is 16.3. The molecular formula is C20H17F3N2O3. The highest BCUT2D eigenvalue weighted by Crippen LogP contribution is 2.23. The second kappa shape index (κ2) is 8.60. The number of halogens is 3. The first-order valence-corrected chi connectivity index (χ1v) is 8.53. The number of nitrogens with one attached hydrogen (secondary N) is 1. The van der Waals surface area contributed by atoms with Gasteiger partial charge in [-0.1, -0.05) is 18.2 Å². The van der Waals surface area contributed by atoms with Crippen LogP contribution in [0.5, 0.6) is 11.5 Å². The Hall–Kier alpha value is -3.29. The molecule has 0 fully saturated rings. The van der Waals surface area contributed by atoms with Crippen LogP contribution in [0.2, 0.25) is 0 Å². The van der Waals surface area contributed by atoms with Crippen molar-refractivity contribution in [2.24, 2.45) is 0 Å². The lowest BCUT2D eigenvalue weighted by molar-refractivity contribution is -0.274. The Labute approximate surface area is 159 Å². The number of pyridine rings is 1. The number of nitrogens with zero attached hydrogens (tertiary/aromatic N) is 1. The smallest absolute Gasteiger partial charge is 0.491 e. The minimum Gasteiger partial charge on any atom is -0.491 e. The third-order valence-electron chi connectivity index (χ3n) is 3.81. The molecule has 5 nitrogen and oxygen atoms in total. The third kappa shape index (κ3) is 5.35. The molecule has 146 valence electrons. The molecule has 3 aromatic rings. The number of benzene rings is 2. The zero-order valence-corrected chi connectivity index (χ0v) is 14.7. The van der Waals surface area contributed by atoms with E-state index in [1.165, 1.54) is 12.1 Å². The van der Waals surface area contributed by atoms with E-state index in [-0.39, 0.29) is 17.2 Å². The summed E-state index contributed by atoms with van der Waals surface area (Å²) in [5.74, 6) is -0.0868. The molecule has 0 saturated heterocycles. The fraction of sp³-hybridized carbons (Fsp3) is 0.200. The molecule has 28 heavy (non-hydrogen) atoms. The molecule has 8 heteroatoms. The summed E-state index contributed by atoms with van der Waals surface area (Å²) >= 11 is 0. The van der Waals surface area contributed by atoms with Crippen molar-refractivity contribution in [3.05, 3.63) is 66.4 Å². The highest BCUT2D eigenvalue weighted by atomic mass is 19.4. The number of amides is 1. The van der Waals surface area contributed by atoms with Crippen LogP contribution in [-0.4, -0.2) is 30.4 Å². The summed E-state index contributed by atoms with van der Waals surface area (Å²) in [6.45, 7) is 0.742. The highest BCUT2D eigenvalue weighted by Gasteiger charge is 2.31. The number of carbonyl (C=O) groups excluding carboxylic acids is 1. The van der Waals surface area contributed by atoms with E-state index in [9.17, 15) is 18.0 Å². The molecule has 0 spiro atoms. The molecule has 0 unspecified atom stereocenters. The van der Waals surface area contributed by atoms with Gasteiger partial charge in [0.2, 0.25) is 0 Å². The SMILES string of the molecule is O=C(NCCCOc1cccc2cccnc12)c1ccc(OC(F)(F)F)cc1. The van der Waals surface area contributed by atoms with Gasteiger partial charge in [-0.25, -0.2) is 0 Å². The first kappa shape index (κ1) is 19.5. The lowest BCUT2D eigenvalue weighted by Gasteiger charge is -2.10. The summed E-state index contributed by atoms with van der Waals surface area (Å²) in [5.41, 5.74) is 1.02. The quantitative estimate of drug-likeness (QED) is 0.610. The molecule has 1 heterocycles. The summed E-state index contributed by atoms with van der Waals surface area (Å²) in [5, 5.41) is 3.67. The molecule has 0 aliphatic heterocycles. The second-order valence-corrected chi connectivity index (χ2v) is 5.86.